The lowest BCUT2D eigenvalue weighted by Crippen LogP contribution is -2.24. The first-order chi connectivity index (χ1) is 7.81. The normalized spacial score (nSPS) is 14.1. The Morgan fingerprint density at radius 2 is 2.56 bits per heavy atom. The Kier molecular flexibility index (Phi) is 3.44. The first kappa shape index (κ1) is 11.0. The summed E-state index contributed by atoms with van der Waals surface area (Å²) in [5.74, 6) is 0.740. The van der Waals surface area contributed by atoms with Crippen LogP contribution >= 0.6 is 0 Å². The van der Waals surface area contributed by atoms with Crippen molar-refractivity contribution in [3.63, 3.8) is 0 Å². The van der Waals surface area contributed by atoms with Crippen molar-refractivity contribution in [1.82, 2.24) is 14.9 Å². The Morgan fingerprint density at radius 3 is 3.31 bits per heavy atom. The molecule has 1 aromatic rings. The molecule has 0 unspecified atom stereocenters. The smallest absolute Gasteiger partial charge is 0.271 e. The summed E-state index contributed by atoms with van der Waals surface area (Å²) in [4.78, 5) is 16.0. The van der Waals surface area contributed by atoms with Crippen molar-refractivity contribution in [2.24, 2.45) is 0 Å². The van der Waals surface area contributed by atoms with E-state index in [1.165, 1.54) is 0 Å². The Morgan fingerprint density at radius 1 is 1.69 bits per heavy atom. The highest BCUT2D eigenvalue weighted by molar-refractivity contribution is 5.92. The van der Waals surface area contributed by atoms with Gasteiger partial charge in [0.25, 0.3) is 5.91 Å². The molecule has 0 atom stereocenters. The predicted molar refractivity (Wildman–Crippen MR) is 62.6 cm³/mol. The minimum Gasteiger partial charge on any atom is -0.356 e. The fourth-order valence-corrected chi connectivity index (χ4v) is 1.76. The van der Waals surface area contributed by atoms with Crippen LogP contribution in [0.3, 0.4) is 0 Å². The molecule has 5 heteroatoms. The number of imidazole rings is 1. The molecule has 0 bridgehead atoms. The van der Waals surface area contributed by atoms with Gasteiger partial charge in [-0.05, 0) is 12.8 Å². The number of aryl methyl sites for hydroxylation is 1. The Hall–Kier alpha value is -1.52. The third-order valence-corrected chi connectivity index (χ3v) is 2.68. The zero-order valence-corrected chi connectivity index (χ0v) is 9.62. The van der Waals surface area contributed by atoms with E-state index >= 15 is 0 Å². The van der Waals surface area contributed by atoms with Crippen LogP contribution in [0.15, 0.2) is 6.20 Å². The average Bonchev–Trinajstić information content (AvgIpc) is 2.73. The average molecular weight is 222 g/mol. The van der Waals surface area contributed by atoms with Gasteiger partial charge >= 0.3 is 0 Å². The van der Waals surface area contributed by atoms with Crippen LogP contribution in [-0.4, -0.2) is 28.5 Å². The van der Waals surface area contributed by atoms with Crippen LogP contribution in [0.4, 0.5) is 5.95 Å². The zero-order chi connectivity index (χ0) is 11.4. The molecule has 0 aliphatic carbocycles. The number of rotatable bonds is 4. The van der Waals surface area contributed by atoms with Gasteiger partial charge in [-0.3, -0.25) is 4.79 Å². The second-order valence-electron chi connectivity index (χ2n) is 4.03. The van der Waals surface area contributed by atoms with E-state index in [9.17, 15) is 4.79 Å². The molecule has 2 heterocycles. The molecule has 2 rings (SSSR count). The van der Waals surface area contributed by atoms with Crippen LogP contribution in [-0.2, 0) is 6.54 Å². The van der Waals surface area contributed by atoms with E-state index in [0.717, 1.165) is 44.8 Å². The molecule has 0 aromatic carbocycles. The Labute approximate surface area is 95.2 Å². The summed E-state index contributed by atoms with van der Waals surface area (Å²) in [5, 5.41) is 6.04. The SMILES string of the molecule is CCCCNC(=O)c1cn2c(n1)NCCC2. The van der Waals surface area contributed by atoms with Gasteiger partial charge in [-0.15, -0.1) is 0 Å². The molecule has 0 spiro atoms. The zero-order valence-electron chi connectivity index (χ0n) is 9.62. The first-order valence-electron chi connectivity index (χ1n) is 5.90. The number of amides is 1. The monoisotopic (exact) mass is 222 g/mol. The molecular weight excluding hydrogens is 204 g/mol. The van der Waals surface area contributed by atoms with Gasteiger partial charge in [-0.2, -0.15) is 0 Å². The Bertz CT molecular complexity index is 349. The summed E-state index contributed by atoms with van der Waals surface area (Å²) in [7, 11) is 0. The minimum absolute atomic E-state index is 0.0721. The largest absolute Gasteiger partial charge is 0.356 e. The highest BCUT2D eigenvalue weighted by atomic mass is 16.1. The number of unbranched alkanes of at least 4 members (excludes halogenated alkanes) is 1. The second kappa shape index (κ2) is 5.01. The molecule has 2 N–H and O–H groups in total. The van der Waals surface area contributed by atoms with Crippen LogP contribution in [0.5, 0.6) is 0 Å². The van der Waals surface area contributed by atoms with Crippen LogP contribution in [0.25, 0.3) is 0 Å². The Balaban J connectivity index is 1.98. The van der Waals surface area contributed by atoms with Crippen LogP contribution in [0.1, 0.15) is 36.7 Å². The van der Waals surface area contributed by atoms with Gasteiger partial charge in [0.05, 0.1) is 0 Å². The quantitative estimate of drug-likeness (QED) is 0.753. The van der Waals surface area contributed by atoms with Crippen LogP contribution in [0, 0.1) is 0 Å². The lowest BCUT2D eigenvalue weighted by atomic mass is 10.3. The van der Waals surface area contributed by atoms with Crippen molar-refractivity contribution in [3.8, 4) is 0 Å². The number of aromatic nitrogens is 2. The molecule has 1 aromatic heterocycles. The predicted octanol–water partition coefficient (Wildman–Crippen LogP) is 1.23. The van der Waals surface area contributed by atoms with Crippen molar-refractivity contribution in [2.45, 2.75) is 32.7 Å². The maximum absolute atomic E-state index is 11.7. The van der Waals surface area contributed by atoms with Crippen molar-refractivity contribution < 1.29 is 4.79 Å². The van der Waals surface area contributed by atoms with Gasteiger partial charge in [0.1, 0.15) is 5.69 Å². The van der Waals surface area contributed by atoms with E-state index in [0.29, 0.717) is 5.69 Å². The summed E-state index contributed by atoms with van der Waals surface area (Å²) in [6.45, 7) is 4.71. The minimum atomic E-state index is -0.0721. The molecule has 1 aliphatic heterocycles. The number of fused-ring (bicyclic) bond motifs is 1. The van der Waals surface area contributed by atoms with Gasteiger partial charge in [-0.25, -0.2) is 4.98 Å². The molecule has 0 saturated heterocycles. The molecule has 0 fully saturated rings. The van der Waals surface area contributed by atoms with Gasteiger partial charge in [0.2, 0.25) is 5.95 Å². The number of hydrogen-bond acceptors (Lipinski definition) is 3. The summed E-state index contributed by atoms with van der Waals surface area (Å²) < 4.78 is 2.00. The number of anilines is 1. The third kappa shape index (κ3) is 2.35. The number of nitrogens with one attached hydrogen (secondary N) is 2. The summed E-state index contributed by atoms with van der Waals surface area (Å²) in [5.41, 5.74) is 0.514. The maximum Gasteiger partial charge on any atom is 0.271 e. The maximum atomic E-state index is 11.7. The molecule has 16 heavy (non-hydrogen) atoms. The fourth-order valence-electron chi connectivity index (χ4n) is 1.76. The van der Waals surface area contributed by atoms with Crippen molar-refractivity contribution in [2.75, 3.05) is 18.4 Å². The van der Waals surface area contributed by atoms with E-state index < -0.39 is 0 Å². The van der Waals surface area contributed by atoms with Gasteiger partial charge in [0, 0.05) is 25.8 Å². The van der Waals surface area contributed by atoms with Crippen molar-refractivity contribution >= 4 is 11.9 Å². The van der Waals surface area contributed by atoms with Gasteiger partial charge < -0.3 is 15.2 Å². The summed E-state index contributed by atoms with van der Waals surface area (Å²) in [6.07, 6.45) is 5.00. The molecule has 0 radical (unpaired) electrons. The highest BCUT2D eigenvalue weighted by Gasteiger charge is 2.15. The first-order valence-corrected chi connectivity index (χ1v) is 5.90. The molecular formula is C11H18N4O. The number of carbonyl (C=O) groups is 1. The topological polar surface area (TPSA) is 59.0 Å². The lowest BCUT2D eigenvalue weighted by Gasteiger charge is -2.14. The molecule has 0 saturated carbocycles. The van der Waals surface area contributed by atoms with Crippen LogP contribution < -0.4 is 10.6 Å². The van der Waals surface area contributed by atoms with E-state index in [-0.39, 0.29) is 5.91 Å². The highest BCUT2D eigenvalue weighted by Crippen LogP contribution is 2.13. The molecule has 88 valence electrons. The third-order valence-electron chi connectivity index (χ3n) is 2.68. The molecule has 5 nitrogen and oxygen atoms in total. The van der Waals surface area contributed by atoms with E-state index in [2.05, 4.69) is 22.5 Å². The molecule has 1 amide bonds. The van der Waals surface area contributed by atoms with E-state index in [1.54, 1.807) is 0 Å². The van der Waals surface area contributed by atoms with Crippen molar-refractivity contribution in [1.29, 1.82) is 0 Å². The van der Waals surface area contributed by atoms with E-state index in [4.69, 9.17) is 0 Å². The van der Waals surface area contributed by atoms with E-state index in [1.807, 2.05) is 10.8 Å². The van der Waals surface area contributed by atoms with Crippen molar-refractivity contribution in [3.05, 3.63) is 11.9 Å². The number of nitrogens with zero attached hydrogens (tertiary/aromatic N) is 2. The number of hydrogen-bond donors (Lipinski definition) is 2. The fraction of sp³-hybridized carbons (Fsp3) is 0.636. The van der Waals surface area contributed by atoms with Gasteiger partial charge in [-0.1, -0.05) is 13.3 Å². The summed E-state index contributed by atoms with van der Waals surface area (Å²) >= 11 is 0. The lowest BCUT2D eigenvalue weighted by molar-refractivity contribution is 0.0948. The molecule has 1 aliphatic rings. The number of carbonyl (C=O) groups excluding carboxylic acids is 1. The summed E-state index contributed by atoms with van der Waals surface area (Å²) in [6, 6.07) is 0. The van der Waals surface area contributed by atoms with Gasteiger partial charge in [0.15, 0.2) is 0 Å². The second-order valence-corrected chi connectivity index (χ2v) is 4.03. The van der Waals surface area contributed by atoms with Crippen LogP contribution in [0.2, 0.25) is 0 Å². The standard InChI is InChI=1S/C11H18N4O/c1-2-3-5-12-10(16)9-8-15-7-4-6-13-11(15)14-9/h8H,2-7H2,1H3,(H,12,16)(H,13,14).